The number of hydrogen-bond donors (Lipinski definition) is 6. The monoisotopic (exact) mass is 1110 g/mol. The summed E-state index contributed by atoms with van der Waals surface area (Å²) in [5, 5.41) is 57.0. The number of amides is 1. The first kappa shape index (κ1) is 73.9. The molecule has 11 heteroatoms. The van der Waals surface area contributed by atoms with E-state index in [1.165, 1.54) is 122 Å². The molecule has 8 unspecified atom stereocenters. The average molecular weight is 1110 g/mol. The van der Waals surface area contributed by atoms with Gasteiger partial charge in [-0.2, -0.15) is 0 Å². The zero-order chi connectivity index (χ0) is 57.5. The van der Waals surface area contributed by atoms with Crippen LogP contribution in [0.2, 0.25) is 0 Å². The number of rotatable bonds is 54. The van der Waals surface area contributed by atoms with E-state index in [0.717, 1.165) is 103 Å². The molecule has 1 aliphatic heterocycles. The third kappa shape index (κ3) is 43.2. The first-order chi connectivity index (χ1) is 38.7. The van der Waals surface area contributed by atoms with Gasteiger partial charge in [-0.05, 0) is 103 Å². The van der Waals surface area contributed by atoms with Gasteiger partial charge in [-0.3, -0.25) is 9.59 Å². The molecule has 8 atom stereocenters. The predicted octanol–water partition coefficient (Wildman–Crippen LogP) is 15.7. The number of ether oxygens (including phenoxy) is 3. The number of carbonyl (C=O) groups excluding carboxylic acids is 2. The van der Waals surface area contributed by atoms with Crippen molar-refractivity contribution >= 4 is 11.9 Å². The van der Waals surface area contributed by atoms with Crippen LogP contribution in [0.1, 0.15) is 271 Å². The highest BCUT2D eigenvalue weighted by molar-refractivity contribution is 5.80. The predicted molar refractivity (Wildman–Crippen MR) is 329 cm³/mol. The first-order valence-electron chi connectivity index (χ1n) is 32.4. The van der Waals surface area contributed by atoms with E-state index in [9.17, 15) is 35.1 Å². The van der Waals surface area contributed by atoms with Crippen molar-refractivity contribution in [1.29, 1.82) is 0 Å². The van der Waals surface area contributed by atoms with Crippen molar-refractivity contribution in [2.75, 3.05) is 13.2 Å². The van der Waals surface area contributed by atoms with Crippen LogP contribution in [-0.4, -0.2) is 99.6 Å². The normalized spacial score (nSPS) is 19.4. The molecule has 0 saturated carbocycles. The van der Waals surface area contributed by atoms with Gasteiger partial charge in [0.25, 0.3) is 0 Å². The Bertz CT molecular complexity index is 1610. The lowest BCUT2D eigenvalue weighted by Crippen LogP contribution is -2.61. The lowest BCUT2D eigenvalue weighted by Gasteiger charge is -2.41. The van der Waals surface area contributed by atoms with Gasteiger partial charge in [0, 0.05) is 6.42 Å². The van der Waals surface area contributed by atoms with Crippen molar-refractivity contribution < 1.29 is 49.3 Å². The van der Waals surface area contributed by atoms with Crippen molar-refractivity contribution in [3.8, 4) is 0 Å². The Morgan fingerprint density at radius 1 is 0.494 bits per heavy atom. The maximum atomic E-state index is 13.4. The lowest BCUT2D eigenvalue weighted by atomic mass is 9.99. The topological polar surface area (TPSA) is 175 Å². The fourth-order valence-corrected chi connectivity index (χ4v) is 9.61. The third-order valence-corrected chi connectivity index (χ3v) is 14.8. The minimum atomic E-state index is -1.63. The Morgan fingerprint density at radius 2 is 0.873 bits per heavy atom. The standard InChI is InChI=1S/C68H119NO10/c1-4-7-10-13-16-19-22-24-26-28-29-30-31-32-34-35-37-40-43-46-49-52-55-61(72)67(76)69-59(60(71)54-51-48-45-42-39-21-18-15-12-9-6-3)58-77-68-66(65(75)64(74)62(57-70)78-68)79-63(73)56-53-50-47-44-41-38-36-33-27-25-23-20-17-14-11-8-5-2/h16-17,19-20,24-27,29-30,36,38,51,54,59-62,64-66,68,70-72,74-75H,4-15,18,21-23,28,31-35,37,39-50,52-53,55-58H2,1-3H3,(H,69,76)/b19-16-,20-17-,26-24-,27-25-,30-29-,38-36-,54-51+. The van der Waals surface area contributed by atoms with Gasteiger partial charge in [0.15, 0.2) is 12.4 Å². The molecule has 1 fully saturated rings. The minimum Gasteiger partial charge on any atom is -0.454 e. The van der Waals surface area contributed by atoms with Gasteiger partial charge in [0.2, 0.25) is 5.91 Å². The molecule has 456 valence electrons. The molecule has 1 saturated heterocycles. The summed E-state index contributed by atoms with van der Waals surface area (Å²) in [5.41, 5.74) is 0. The smallest absolute Gasteiger partial charge is 0.306 e. The molecule has 79 heavy (non-hydrogen) atoms. The Morgan fingerprint density at radius 3 is 1.33 bits per heavy atom. The van der Waals surface area contributed by atoms with E-state index in [1.54, 1.807) is 6.08 Å². The first-order valence-corrected chi connectivity index (χ1v) is 32.4. The summed E-state index contributed by atoms with van der Waals surface area (Å²) >= 11 is 0. The van der Waals surface area contributed by atoms with Gasteiger partial charge in [0.05, 0.1) is 25.4 Å². The van der Waals surface area contributed by atoms with Crippen LogP contribution >= 0.6 is 0 Å². The molecule has 0 bridgehead atoms. The highest BCUT2D eigenvalue weighted by Gasteiger charge is 2.47. The van der Waals surface area contributed by atoms with Crippen molar-refractivity contribution in [2.45, 2.75) is 320 Å². The summed E-state index contributed by atoms with van der Waals surface area (Å²) in [5.74, 6) is -1.22. The van der Waals surface area contributed by atoms with Crippen LogP contribution in [0.25, 0.3) is 0 Å². The number of unbranched alkanes of at least 4 members (excludes halogenated alkanes) is 28. The van der Waals surface area contributed by atoms with Crippen LogP contribution < -0.4 is 5.32 Å². The SMILES string of the molecule is CCCCC/C=C\C/C=C\C/C=C\CCCCCCCCCCCC(O)C(=O)NC(COC1OC(CO)C(O)C(O)C1OC(=O)CCCCCC/C=C\C/C=C\C/C=C\CCCCC)C(O)/C=C/CCCCCCCCCCC. The molecular weight excluding hydrogens is 991 g/mol. The average Bonchev–Trinajstić information content (AvgIpc) is 3.45. The summed E-state index contributed by atoms with van der Waals surface area (Å²) in [6.45, 7) is 5.72. The third-order valence-electron chi connectivity index (χ3n) is 14.8. The van der Waals surface area contributed by atoms with Gasteiger partial charge in [-0.1, -0.05) is 247 Å². The van der Waals surface area contributed by atoms with E-state index in [-0.39, 0.29) is 19.4 Å². The number of allylic oxidation sites excluding steroid dienone is 13. The van der Waals surface area contributed by atoms with Gasteiger partial charge >= 0.3 is 5.97 Å². The molecule has 0 aromatic carbocycles. The second kappa shape index (κ2) is 55.4. The molecule has 0 aromatic rings. The number of aliphatic hydroxyl groups excluding tert-OH is 5. The van der Waals surface area contributed by atoms with Gasteiger partial charge in [-0.25, -0.2) is 0 Å². The Labute approximate surface area is 483 Å². The number of nitrogens with one attached hydrogen (secondary N) is 1. The maximum absolute atomic E-state index is 13.4. The number of esters is 1. The Kier molecular flexibility index (Phi) is 51.8. The highest BCUT2D eigenvalue weighted by atomic mass is 16.7. The van der Waals surface area contributed by atoms with Gasteiger partial charge < -0.3 is 45.1 Å². The van der Waals surface area contributed by atoms with E-state index in [1.807, 2.05) is 6.08 Å². The van der Waals surface area contributed by atoms with Gasteiger partial charge in [0.1, 0.15) is 24.4 Å². The van der Waals surface area contributed by atoms with Gasteiger partial charge in [-0.15, -0.1) is 0 Å². The number of hydrogen-bond acceptors (Lipinski definition) is 10. The highest BCUT2D eigenvalue weighted by Crippen LogP contribution is 2.26. The van der Waals surface area contributed by atoms with E-state index >= 15 is 0 Å². The van der Waals surface area contributed by atoms with E-state index < -0.39 is 67.4 Å². The molecular formula is C68H119NO10. The van der Waals surface area contributed by atoms with Crippen molar-refractivity contribution in [3.05, 3.63) is 85.1 Å². The van der Waals surface area contributed by atoms with Crippen LogP contribution in [0.5, 0.6) is 0 Å². The Hall–Kier alpha value is -3.16. The molecule has 1 heterocycles. The minimum absolute atomic E-state index is 0.0946. The second-order valence-corrected chi connectivity index (χ2v) is 22.1. The fraction of sp³-hybridized carbons (Fsp3) is 0.765. The van der Waals surface area contributed by atoms with Crippen molar-refractivity contribution in [2.24, 2.45) is 0 Å². The van der Waals surface area contributed by atoms with Crippen LogP contribution in [-0.2, 0) is 23.8 Å². The maximum Gasteiger partial charge on any atom is 0.306 e. The van der Waals surface area contributed by atoms with Crippen LogP contribution in [0.15, 0.2) is 85.1 Å². The molecule has 1 amide bonds. The zero-order valence-electron chi connectivity index (χ0n) is 50.5. The zero-order valence-corrected chi connectivity index (χ0v) is 50.5. The number of aliphatic hydroxyl groups is 5. The molecule has 0 aromatic heterocycles. The van der Waals surface area contributed by atoms with E-state index in [0.29, 0.717) is 12.8 Å². The van der Waals surface area contributed by atoms with E-state index in [4.69, 9.17) is 14.2 Å². The molecule has 0 aliphatic carbocycles. The Balaban J connectivity index is 2.65. The molecule has 1 aliphatic rings. The summed E-state index contributed by atoms with van der Waals surface area (Å²) in [7, 11) is 0. The molecule has 0 spiro atoms. The van der Waals surface area contributed by atoms with Crippen LogP contribution in [0.4, 0.5) is 0 Å². The molecule has 11 nitrogen and oxygen atoms in total. The number of carbonyl (C=O) groups is 2. The summed E-state index contributed by atoms with van der Waals surface area (Å²) < 4.78 is 17.6. The quantitative estimate of drug-likeness (QED) is 0.0195. The molecule has 0 radical (unpaired) electrons. The summed E-state index contributed by atoms with van der Waals surface area (Å²) in [4.78, 5) is 26.6. The molecule has 6 N–H and O–H groups in total. The van der Waals surface area contributed by atoms with Crippen molar-refractivity contribution in [3.63, 3.8) is 0 Å². The van der Waals surface area contributed by atoms with Crippen LogP contribution in [0.3, 0.4) is 0 Å². The fourth-order valence-electron chi connectivity index (χ4n) is 9.61. The van der Waals surface area contributed by atoms with E-state index in [2.05, 4.69) is 99.0 Å². The summed E-state index contributed by atoms with van der Waals surface area (Å²) in [6, 6.07) is -1.03. The molecule has 1 rings (SSSR count). The largest absolute Gasteiger partial charge is 0.454 e. The summed E-state index contributed by atoms with van der Waals surface area (Å²) in [6.07, 6.45) is 61.9. The lowest BCUT2D eigenvalue weighted by molar-refractivity contribution is -0.305. The van der Waals surface area contributed by atoms with Crippen molar-refractivity contribution in [1.82, 2.24) is 5.32 Å². The van der Waals surface area contributed by atoms with Crippen LogP contribution in [0, 0.1) is 0 Å². The second-order valence-electron chi connectivity index (χ2n) is 22.1.